The van der Waals surface area contributed by atoms with Gasteiger partial charge in [-0.05, 0) is 43.4 Å². The van der Waals surface area contributed by atoms with Gasteiger partial charge in [0.15, 0.2) is 6.61 Å². The highest BCUT2D eigenvalue weighted by atomic mass is 16.6. The number of hydrogen-bond acceptors (Lipinski definition) is 7. The monoisotopic (exact) mass is 460 g/mol. The Hall–Kier alpha value is -4.14. The normalized spacial score (nSPS) is 24.4. The van der Waals surface area contributed by atoms with Crippen molar-refractivity contribution in [3.63, 3.8) is 0 Å². The van der Waals surface area contributed by atoms with Crippen LogP contribution in [0.1, 0.15) is 32.7 Å². The Morgan fingerprint density at radius 3 is 2.35 bits per heavy atom. The highest BCUT2D eigenvalue weighted by molar-refractivity contribution is 6.23. The Morgan fingerprint density at radius 2 is 1.71 bits per heavy atom. The smallest absolute Gasteiger partial charge is 0.338 e. The Labute approximate surface area is 194 Å². The first kappa shape index (κ1) is 21.7. The number of nitro benzene ring substituents is 1. The molecule has 9 nitrogen and oxygen atoms in total. The molecule has 1 aliphatic heterocycles. The predicted octanol–water partition coefficient (Wildman–Crippen LogP) is 3.25. The molecule has 0 unspecified atom stereocenters. The van der Waals surface area contributed by atoms with Crippen LogP contribution in [-0.4, -0.2) is 35.1 Å². The molecule has 5 rings (SSSR count). The number of esters is 1. The molecule has 9 heteroatoms. The summed E-state index contributed by atoms with van der Waals surface area (Å²) < 4.78 is 5.11. The van der Waals surface area contributed by atoms with Gasteiger partial charge in [-0.2, -0.15) is 0 Å². The largest absolute Gasteiger partial charge is 0.454 e. The molecule has 1 saturated carbocycles. The molecule has 2 aromatic carbocycles. The molecule has 2 aliphatic carbocycles. The SMILES string of the molecule is Cc1ccc(C(=O)COC(=O)c2cccc(N3C(=O)[C@H]4[C@H](C3=O)[C@H]3C=C[C@H]4C3)c2)cc1[N+](=O)[O-]. The van der Waals surface area contributed by atoms with Crippen LogP contribution >= 0.6 is 0 Å². The number of hydrogen-bond donors (Lipinski definition) is 0. The van der Waals surface area contributed by atoms with Crippen molar-refractivity contribution in [2.45, 2.75) is 13.3 Å². The second kappa shape index (κ2) is 8.02. The average Bonchev–Trinajstić information content (AvgIpc) is 3.51. The van der Waals surface area contributed by atoms with Gasteiger partial charge in [-0.3, -0.25) is 24.5 Å². The van der Waals surface area contributed by atoms with Crippen LogP contribution in [-0.2, 0) is 14.3 Å². The van der Waals surface area contributed by atoms with Gasteiger partial charge in [0.25, 0.3) is 5.69 Å². The van der Waals surface area contributed by atoms with Crippen molar-refractivity contribution in [1.29, 1.82) is 0 Å². The van der Waals surface area contributed by atoms with Crippen LogP contribution in [0.5, 0.6) is 0 Å². The summed E-state index contributed by atoms with van der Waals surface area (Å²) in [5.74, 6) is -2.46. The fourth-order valence-electron chi connectivity index (χ4n) is 5.21. The van der Waals surface area contributed by atoms with Crippen molar-refractivity contribution in [3.05, 3.63) is 81.4 Å². The minimum absolute atomic E-state index is 0.0573. The number of allylic oxidation sites excluding steroid dienone is 2. The number of anilines is 1. The van der Waals surface area contributed by atoms with E-state index >= 15 is 0 Å². The highest BCUT2D eigenvalue weighted by Gasteiger charge is 2.59. The first-order chi connectivity index (χ1) is 16.3. The van der Waals surface area contributed by atoms with Crippen LogP contribution in [0.4, 0.5) is 11.4 Å². The zero-order valence-electron chi connectivity index (χ0n) is 18.2. The first-order valence-electron chi connectivity index (χ1n) is 10.9. The van der Waals surface area contributed by atoms with Crippen molar-refractivity contribution in [1.82, 2.24) is 0 Å². The summed E-state index contributed by atoms with van der Waals surface area (Å²) in [6.45, 7) is 0.952. The van der Waals surface area contributed by atoms with Crippen molar-refractivity contribution >= 4 is 34.9 Å². The third-order valence-corrected chi connectivity index (χ3v) is 6.87. The van der Waals surface area contributed by atoms with Gasteiger partial charge in [0.2, 0.25) is 17.6 Å². The number of rotatable bonds is 6. The Bertz CT molecular complexity index is 1270. The maximum absolute atomic E-state index is 13.0. The number of aryl methyl sites for hydroxylation is 1. The fourth-order valence-corrected chi connectivity index (χ4v) is 5.21. The van der Waals surface area contributed by atoms with Crippen molar-refractivity contribution in [2.75, 3.05) is 11.5 Å². The summed E-state index contributed by atoms with van der Waals surface area (Å²) in [5.41, 5.74) is 0.645. The number of imide groups is 1. The van der Waals surface area contributed by atoms with Crippen LogP contribution in [0.15, 0.2) is 54.6 Å². The molecule has 2 bridgehead atoms. The molecule has 0 radical (unpaired) electrons. The van der Waals surface area contributed by atoms with E-state index in [2.05, 4.69) is 0 Å². The van der Waals surface area contributed by atoms with Crippen LogP contribution in [0, 0.1) is 40.7 Å². The Kier molecular flexibility index (Phi) is 5.11. The van der Waals surface area contributed by atoms with Crippen LogP contribution in [0.3, 0.4) is 0 Å². The first-order valence-corrected chi connectivity index (χ1v) is 10.9. The maximum Gasteiger partial charge on any atom is 0.338 e. The standard InChI is InChI=1S/C25H20N2O7/c1-13-5-6-14(11-19(13)27(32)33)20(28)12-34-25(31)17-3-2-4-18(10-17)26-23(29)21-15-7-8-16(9-15)22(21)24(26)30/h2-8,10-11,15-16,21-22H,9,12H2,1H3/t15-,16-,21+,22+/m0/s1. The van der Waals surface area contributed by atoms with E-state index in [0.717, 1.165) is 17.4 Å². The molecule has 0 N–H and O–H groups in total. The number of benzene rings is 2. The second-order valence-electron chi connectivity index (χ2n) is 8.82. The third kappa shape index (κ3) is 3.40. The summed E-state index contributed by atoms with van der Waals surface area (Å²) in [5, 5.41) is 11.1. The summed E-state index contributed by atoms with van der Waals surface area (Å²) in [6.07, 6.45) is 4.84. The van der Waals surface area contributed by atoms with E-state index in [1.165, 1.54) is 24.3 Å². The molecule has 172 valence electrons. The summed E-state index contributed by atoms with van der Waals surface area (Å²) >= 11 is 0. The molecule has 34 heavy (non-hydrogen) atoms. The van der Waals surface area contributed by atoms with Crippen LogP contribution in [0.25, 0.3) is 0 Å². The molecule has 2 fully saturated rings. The van der Waals surface area contributed by atoms with E-state index in [9.17, 15) is 29.3 Å². The molecule has 0 spiro atoms. The second-order valence-corrected chi connectivity index (χ2v) is 8.82. The summed E-state index contributed by atoms with van der Waals surface area (Å²) in [7, 11) is 0. The number of nitro groups is 1. The van der Waals surface area contributed by atoms with Crippen molar-refractivity contribution in [2.24, 2.45) is 23.7 Å². The van der Waals surface area contributed by atoms with Gasteiger partial charge in [-0.1, -0.05) is 30.4 Å². The van der Waals surface area contributed by atoms with E-state index in [0.29, 0.717) is 11.3 Å². The number of ketones is 1. The Balaban J connectivity index is 1.29. The van der Waals surface area contributed by atoms with Crippen LogP contribution < -0.4 is 4.90 Å². The lowest BCUT2D eigenvalue weighted by molar-refractivity contribution is -0.385. The molecule has 2 amide bonds. The van der Waals surface area contributed by atoms with E-state index < -0.39 is 23.3 Å². The average molecular weight is 460 g/mol. The van der Waals surface area contributed by atoms with Gasteiger partial charge in [-0.15, -0.1) is 0 Å². The lowest BCUT2D eigenvalue weighted by Crippen LogP contribution is -2.33. The fraction of sp³-hybridized carbons (Fsp3) is 0.280. The van der Waals surface area contributed by atoms with E-state index in [-0.39, 0.29) is 52.3 Å². The number of fused-ring (bicyclic) bond motifs is 5. The predicted molar refractivity (Wildman–Crippen MR) is 119 cm³/mol. The van der Waals surface area contributed by atoms with Gasteiger partial charge in [-0.25, -0.2) is 9.69 Å². The molecule has 3 aliphatic rings. The quantitative estimate of drug-likeness (QED) is 0.162. The highest BCUT2D eigenvalue weighted by Crippen LogP contribution is 2.53. The summed E-state index contributed by atoms with van der Waals surface area (Å²) in [4.78, 5) is 62.6. The zero-order valence-corrected chi connectivity index (χ0v) is 18.2. The van der Waals surface area contributed by atoms with Crippen LogP contribution in [0.2, 0.25) is 0 Å². The van der Waals surface area contributed by atoms with Gasteiger partial charge in [0, 0.05) is 17.2 Å². The minimum Gasteiger partial charge on any atom is -0.454 e. The maximum atomic E-state index is 13.0. The van der Waals surface area contributed by atoms with E-state index in [1.807, 2.05) is 12.2 Å². The zero-order chi connectivity index (χ0) is 24.1. The van der Waals surface area contributed by atoms with Crippen molar-refractivity contribution in [3.8, 4) is 0 Å². The number of carbonyl (C=O) groups excluding carboxylic acids is 4. The van der Waals surface area contributed by atoms with Gasteiger partial charge in [0.05, 0.1) is 28.0 Å². The van der Waals surface area contributed by atoms with Gasteiger partial charge < -0.3 is 4.74 Å². The molecule has 0 aromatic heterocycles. The lowest BCUT2D eigenvalue weighted by atomic mass is 9.85. The van der Waals surface area contributed by atoms with Gasteiger partial charge >= 0.3 is 5.97 Å². The lowest BCUT2D eigenvalue weighted by Gasteiger charge is -2.18. The number of Topliss-reactive ketones (excluding diaryl/α,β-unsaturated/α-hetero) is 1. The number of amides is 2. The molecule has 4 atom stereocenters. The third-order valence-electron chi connectivity index (χ3n) is 6.87. The van der Waals surface area contributed by atoms with E-state index in [1.54, 1.807) is 19.1 Å². The summed E-state index contributed by atoms with van der Waals surface area (Å²) in [6, 6.07) is 10.0. The van der Waals surface area contributed by atoms with E-state index in [4.69, 9.17) is 4.74 Å². The number of carbonyl (C=O) groups is 4. The molecular formula is C25H20N2O7. The number of nitrogens with zero attached hydrogens (tertiary/aromatic N) is 2. The van der Waals surface area contributed by atoms with Gasteiger partial charge in [0.1, 0.15) is 0 Å². The minimum atomic E-state index is -0.808. The molecule has 2 aromatic rings. The number of ether oxygens (including phenoxy) is 1. The molecule has 1 heterocycles. The molecule has 1 saturated heterocycles. The topological polar surface area (TPSA) is 124 Å². The Morgan fingerprint density at radius 1 is 1.03 bits per heavy atom. The molecular weight excluding hydrogens is 440 g/mol. The van der Waals surface area contributed by atoms with Crippen molar-refractivity contribution < 1.29 is 28.8 Å².